The number of aryl methyl sites for hydroxylation is 1. The van der Waals surface area contributed by atoms with Crippen LogP contribution < -0.4 is 5.32 Å². The molecule has 0 saturated heterocycles. The molecule has 0 aliphatic carbocycles. The molecule has 1 unspecified atom stereocenters. The lowest BCUT2D eigenvalue weighted by Crippen LogP contribution is -2.24. The first kappa shape index (κ1) is 11.6. The van der Waals surface area contributed by atoms with Crippen LogP contribution in [0.15, 0.2) is 12.4 Å². The number of nitriles is 1. The summed E-state index contributed by atoms with van der Waals surface area (Å²) in [4.78, 5) is 8.15. The minimum Gasteiger partial charge on any atom is -0.298 e. The first-order valence-corrected chi connectivity index (χ1v) is 5.05. The third-order valence-electron chi connectivity index (χ3n) is 1.99. The van der Waals surface area contributed by atoms with Crippen molar-refractivity contribution in [1.82, 2.24) is 15.3 Å². The number of hydrogen-bond acceptors (Lipinski definition) is 4. The average Bonchev–Trinajstić information content (AvgIpc) is 2.21. The molecule has 0 saturated carbocycles. The maximum atomic E-state index is 8.99. The van der Waals surface area contributed by atoms with Gasteiger partial charge < -0.3 is 0 Å². The van der Waals surface area contributed by atoms with Crippen LogP contribution in [-0.2, 0) is 0 Å². The van der Waals surface area contributed by atoms with E-state index in [1.54, 1.807) is 12.4 Å². The molecule has 0 bridgehead atoms. The van der Waals surface area contributed by atoms with E-state index in [2.05, 4.69) is 35.2 Å². The Kier molecular flexibility index (Phi) is 4.19. The number of rotatable bonds is 4. The molecule has 0 spiro atoms. The monoisotopic (exact) mass is 204 g/mol. The van der Waals surface area contributed by atoms with Crippen LogP contribution in [0.1, 0.15) is 31.3 Å². The molecule has 1 rings (SSSR count). The predicted octanol–water partition coefficient (Wildman–Crippen LogP) is 1.60. The van der Waals surface area contributed by atoms with Crippen molar-refractivity contribution < 1.29 is 0 Å². The van der Waals surface area contributed by atoms with Crippen molar-refractivity contribution >= 4 is 0 Å². The number of nitrogens with zero attached hydrogens (tertiary/aromatic N) is 3. The molecule has 0 aromatic carbocycles. The van der Waals surface area contributed by atoms with Gasteiger partial charge in [-0.1, -0.05) is 13.8 Å². The maximum Gasteiger partial charge on any atom is 0.125 e. The minimum atomic E-state index is -0.312. The van der Waals surface area contributed by atoms with Gasteiger partial charge in [0.2, 0.25) is 0 Å². The second-order valence-corrected chi connectivity index (χ2v) is 3.93. The third-order valence-corrected chi connectivity index (χ3v) is 1.99. The Bertz CT molecular complexity index is 337. The molecule has 0 radical (unpaired) electrons. The van der Waals surface area contributed by atoms with Crippen LogP contribution in [0.4, 0.5) is 0 Å². The molecule has 4 nitrogen and oxygen atoms in total. The zero-order chi connectivity index (χ0) is 11.3. The van der Waals surface area contributed by atoms with Crippen molar-refractivity contribution in [3.8, 4) is 6.07 Å². The van der Waals surface area contributed by atoms with Crippen LogP contribution in [0, 0.1) is 24.2 Å². The Morgan fingerprint density at radius 1 is 1.40 bits per heavy atom. The van der Waals surface area contributed by atoms with Crippen molar-refractivity contribution in [3.05, 3.63) is 23.8 Å². The van der Waals surface area contributed by atoms with Gasteiger partial charge in [0.15, 0.2) is 0 Å². The maximum absolute atomic E-state index is 8.99. The van der Waals surface area contributed by atoms with Gasteiger partial charge in [0.25, 0.3) is 0 Å². The van der Waals surface area contributed by atoms with Crippen LogP contribution in [0.5, 0.6) is 0 Å². The van der Waals surface area contributed by atoms with Gasteiger partial charge >= 0.3 is 0 Å². The van der Waals surface area contributed by atoms with Crippen molar-refractivity contribution in [2.24, 2.45) is 5.92 Å². The fraction of sp³-hybridized carbons (Fsp3) is 0.545. The van der Waals surface area contributed by atoms with Gasteiger partial charge in [-0.3, -0.25) is 5.32 Å². The summed E-state index contributed by atoms with van der Waals surface area (Å²) < 4.78 is 0. The Morgan fingerprint density at radius 2 is 2.00 bits per heavy atom. The van der Waals surface area contributed by atoms with Crippen molar-refractivity contribution in [3.63, 3.8) is 0 Å². The zero-order valence-corrected chi connectivity index (χ0v) is 9.36. The normalized spacial score (nSPS) is 12.5. The minimum absolute atomic E-state index is 0.312. The number of aromatic nitrogens is 2. The molecule has 1 atom stereocenters. The Labute approximate surface area is 90.4 Å². The summed E-state index contributed by atoms with van der Waals surface area (Å²) in [7, 11) is 0. The standard InChI is InChI=1S/C11H16N4/c1-8(2)5-15-11(4-12)10-6-13-9(3)14-7-10/h6-8,11,15H,5H2,1-3H3. The molecular weight excluding hydrogens is 188 g/mol. The van der Waals surface area contributed by atoms with Gasteiger partial charge in [0, 0.05) is 18.0 Å². The van der Waals surface area contributed by atoms with Gasteiger partial charge in [-0.05, 0) is 19.4 Å². The molecule has 4 heteroatoms. The molecule has 0 fully saturated rings. The van der Waals surface area contributed by atoms with E-state index in [-0.39, 0.29) is 6.04 Å². The summed E-state index contributed by atoms with van der Waals surface area (Å²) in [5, 5.41) is 12.2. The van der Waals surface area contributed by atoms with E-state index >= 15 is 0 Å². The van der Waals surface area contributed by atoms with E-state index < -0.39 is 0 Å². The van der Waals surface area contributed by atoms with E-state index in [4.69, 9.17) is 5.26 Å². The lowest BCUT2D eigenvalue weighted by Gasteiger charge is -2.12. The van der Waals surface area contributed by atoms with Crippen LogP contribution in [0.25, 0.3) is 0 Å². The average molecular weight is 204 g/mol. The summed E-state index contributed by atoms with van der Waals surface area (Å²) in [5.74, 6) is 1.24. The first-order valence-electron chi connectivity index (χ1n) is 5.05. The van der Waals surface area contributed by atoms with Crippen LogP contribution in [0.2, 0.25) is 0 Å². The van der Waals surface area contributed by atoms with Crippen LogP contribution in [-0.4, -0.2) is 16.5 Å². The van der Waals surface area contributed by atoms with Gasteiger partial charge in [-0.15, -0.1) is 0 Å². The zero-order valence-electron chi connectivity index (χ0n) is 9.36. The summed E-state index contributed by atoms with van der Waals surface area (Å²) in [6.45, 7) is 6.85. The van der Waals surface area contributed by atoms with Crippen molar-refractivity contribution in [2.75, 3.05) is 6.54 Å². The van der Waals surface area contributed by atoms with Gasteiger partial charge in [-0.25, -0.2) is 9.97 Å². The lowest BCUT2D eigenvalue weighted by molar-refractivity contribution is 0.523. The summed E-state index contributed by atoms with van der Waals surface area (Å²) in [6.07, 6.45) is 3.40. The van der Waals surface area contributed by atoms with E-state index in [0.29, 0.717) is 5.92 Å². The highest BCUT2D eigenvalue weighted by Crippen LogP contribution is 2.09. The molecule has 15 heavy (non-hydrogen) atoms. The second-order valence-electron chi connectivity index (χ2n) is 3.93. The molecule has 0 aliphatic heterocycles. The van der Waals surface area contributed by atoms with Crippen LogP contribution >= 0.6 is 0 Å². The quantitative estimate of drug-likeness (QED) is 0.809. The molecule has 1 N–H and O–H groups in total. The molecule has 1 aromatic rings. The SMILES string of the molecule is Cc1ncc(C(C#N)NCC(C)C)cn1. The van der Waals surface area contributed by atoms with Gasteiger partial charge in [0.1, 0.15) is 11.9 Å². The fourth-order valence-corrected chi connectivity index (χ4v) is 1.14. The van der Waals surface area contributed by atoms with E-state index in [1.807, 2.05) is 6.92 Å². The largest absolute Gasteiger partial charge is 0.298 e. The van der Waals surface area contributed by atoms with Crippen molar-refractivity contribution in [1.29, 1.82) is 5.26 Å². The smallest absolute Gasteiger partial charge is 0.125 e. The summed E-state index contributed by atoms with van der Waals surface area (Å²) in [5.41, 5.74) is 0.823. The van der Waals surface area contributed by atoms with Crippen LogP contribution in [0.3, 0.4) is 0 Å². The number of nitrogens with one attached hydrogen (secondary N) is 1. The Balaban J connectivity index is 2.67. The molecule has 1 aromatic heterocycles. The highest BCUT2D eigenvalue weighted by molar-refractivity contribution is 5.17. The fourth-order valence-electron chi connectivity index (χ4n) is 1.14. The number of hydrogen-bond donors (Lipinski definition) is 1. The Morgan fingerprint density at radius 3 is 2.47 bits per heavy atom. The molecule has 0 amide bonds. The van der Waals surface area contributed by atoms with E-state index in [9.17, 15) is 0 Å². The van der Waals surface area contributed by atoms with E-state index in [0.717, 1.165) is 17.9 Å². The van der Waals surface area contributed by atoms with E-state index in [1.165, 1.54) is 0 Å². The molecular formula is C11H16N4. The first-order chi connectivity index (χ1) is 7.13. The lowest BCUT2D eigenvalue weighted by atomic mass is 10.1. The summed E-state index contributed by atoms with van der Waals surface area (Å²) in [6, 6.07) is 1.89. The molecule has 0 aliphatic rings. The predicted molar refractivity (Wildman–Crippen MR) is 58.0 cm³/mol. The summed E-state index contributed by atoms with van der Waals surface area (Å²) >= 11 is 0. The Hall–Kier alpha value is -1.47. The van der Waals surface area contributed by atoms with Gasteiger partial charge in [0.05, 0.1) is 6.07 Å². The second kappa shape index (κ2) is 5.42. The highest BCUT2D eigenvalue weighted by atomic mass is 14.9. The van der Waals surface area contributed by atoms with Crippen molar-refractivity contribution in [2.45, 2.75) is 26.8 Å². The molecule has 1 heterocycles. The third kappa shape index (κ3) is 3.64. The molecule has 80 valence electrons. The topological polar surface area (TPSA) is 61.6 Å². The van der Waals surface area contributed by atoms with Gasteiger partial charge in [-0.2, -0.15) is 5.26 Å². The highest BCUT2D eigenvalue weighted by Gasteiger charge is 2.10.